The maximum atomic E-state index is 6.19. The summed E-state index contributed by atoms with van der Waals surface area (Å²) in [7, 11) is 0. The third-order valence-electron chi connectivity index (χ3n) is 10.5. The van der Waals surface area contributed by atoms with Gasteiger partial charge in [0.1, 0.15) is 11.2 Å². The molecule has 0 radical (unpaired) electrons. The predicted octanol–water partition coefficient (Wildman–Crippen LogP) is 12.5. The highest BCUT2D eigenvalue weighted by molar-refractivity contribution is 6.06. The number of rotatable bonds is 6. The first-order valence-electron chi connectivity index (χ1n) is 18.0. The molecule has 252 valence electrons. The Morgan fingerprint density at radius 2 is 1.08 bits per heavy atom. The number of hydrogen-bond acceptors (Lipinski definition) is 5. The average Bonchev–Trinajstić information content (AvgIpc) is 3.70. The normalized spacial score (nSPS) is 12.9. The zero-order chi connectivity index (χ0) is 35.5. The van der Waals surface area contributed by atoms with E-state index in [9.17, 15) is 0 Å². The number of furan rings is 1. The first-order chi connectivity index (χ1) is 26.0. The van der Waals surface area contributed by atoms with Crippen molar-refractivity contribution in [3.05, 3.63) is 181 Å². The van der Waals surface area contributed by atoms with Gasteiger partial charge in [-0.2, -0.15) is 9.97 Å². The van der Waals surface area contributed by atoms with Gasteiger partial charge in [0, 0.05) is 38.6 Å². The highest BCUT2D eigenvalue weighted by Crippen LogP contribution is 2.53. The summed E-state index contributed by atoms with van der Waals surface area (Å²) in [5.74, 6) is 1.71. The molecule has 2 aromatic heterocycles. The van der Waals surface area contributed by atoms with Crippen molar-refractivity contribution >= 4 is 39.3 Å². The molecule has 0 unspecified atom stereocenters. The highest BCUT2D eigenvalue weighted by atomic mass is 16.3. The van der Waals surface area contributed by atoms with Crippen LogP contribution in [0.4, 0.5) is 17.3 Å². The minimum absolute atomic E-state index is 0.164. The Bertz CT molecular complexity index is 2810. The molecule has 0 saturated heterocycles. The summed E-state index contributed by atoms with van der Waals surface area (Å²) < 4.78 is 6.19. The summed E-state index contributed by atoms with van der Waals surface area (Å²) in [5, 5.41) is 2.08. The summed E-state index contributed by atoms with van der Waals surface area (Å²) in [6.07, 6.45) is 0. The lowest BCUT2D eigenvalue weighted by Crippen LogP contribution is -2.17. The van der Waals surface area contributed by atoms with Gasteiger partial charge in [-0.05, 0) is 70.3 Å². The lowest BCUT2D eigenvalue weighted by atomic mass is 9.82. The van der Waals surface area contributed by atoms with Crippen molar-refractivity contribution in [2.45, 2.75) is 19.3 Å². The number of aromatic nitrogens is 3. The maximum Gasteiger partial charge on any atom is 0.238 e. The van der Waals surface area contributed by atoms with E-state index in [2.05, 4.69) is 146 Å². The Morgan fingerprint density at radius 1 is 0.472 bits per heavy atom. The molecule has 1 aliphatic carbocycles. The van der Waals surface area contributed by atoms with Crippen molar-refractivity contribution in [1.29, 1.82) is 0 Å². The van der Waals surface area contributed by atoms with Crippen LogP contribution in [0.1, 0.15) is 25.0 Å². The van der Waals surface area contributed by atoms with Crippen LogP contribution < -0.4 is 4.90 Å². The van der Waals surface area contributed by atoms with Gasteiger partial charge in [-0.1, -0.05) is 141 Å². The van der Waals surface area contributed by atoms with Crippen LogP contribution in [-0.4, -0.2) is 15.0 Å². The van der Waals surface area contributed by atoms with Gasteiger partial charge >= 0.3 is 0 Å². The van der Waals surface area contributed by atoms with E-state index in [0.29, 0.717) is 17.6 Å². The van der Waals surface area contributed by atoms with Crippen LogP contribution in [0.5, 0.6) is 0 Å². The van der Waals surface area contributed by atoms with Gasteiger partial charge in [0.2, 0.25) is 5.95 Å². The minimum Gasteiger partial charge on any atom is -0.456 e. The largest absolute Gasteiger partial charge is 0.456 e. The first-order valence-corrected chi connectivity index (χ1v) is 18.0. The molecule has 2 heterocycles. The van der Waals surface area contributed by atoms with Gasteiger partial charge in [0.25, 0.3) is 0 Å². The lowest BCUT2D eigenvalue weighted by Gasteiger charge is -2.27. The Hall–Kier alpha value is -6.85. The van der Waals surface area contributed by atoms with Crippen LogP contribution in [0.3, 0.4) is 0 Å². The fourth-order valence-corrected chi connectivity index (χ4v) is 7.89. The molecule has 0 N–H and O–H groups in total. The Kier molecular flexibility index (Phi) is 7.08. The standard InChI is InChI=1S/C48H34N4O/c1-48(2)39-20-11-9-19-37(39)44-40(48)21-13-22-41(44)52(35-16-7-4-8-17-35)47-50-45(33-26-24-32(25-27-33)31-14-5-3-6-15-31)49-46(51-47)34-28-29-43-38(30-34)36-18-10-12-23-42(36)53-43/h3-30H,1-2H3. The van der Waals surface area contributed by atoms with Gasteiger partial charge in [-0.25, -0.2) is 4.98 Å². The van der Waals surface area contributed by atoms with Gasteiger partial charge in [0.05, 0.1) is 5.69 Å². The molecular formula is C48H34N4O. The van der Waals surface area contributed by atoms with E-state index in [4.69, 9.17) is 19.4 Å². The van der Waals surface area contributed by atoms with Crippen molar-refractivity contribution in [3.8, 4) is 45.0 Å². The second kappa shape index (κ2) is 12.1. The monoisotopic (exact) mass is 682 g/mol. The molecule has 0 amide bonds. The van der Waals surface area contributed by atoms with Gasteiger partial charge in [-0.3, -0.25) is 4.90 Å². The summed E-state index contributed by atoms with van der Waals surface area (Å²) in [5.41, 5.74) is 12.6. The number of para-hydroxylation sites is 2. The van der Waals surface area contributed by atoms with Crippen molar-refractivity contribution in [1.82, 2.24) is 15.0 Å². The molecule has 0 atom stereocenters. The second-order valence-corrected chi connectivity index (χ2v) is 14.1. The second-order valence-electron chi connectivity index (χ2n) is 14.1. The molecule has 1 aliphatic rings. The van der Waals surface area contributed by atoms with Gasteiger partial charge in [-0.15, -0.1) is 0 Å². The molecule has 9 aromatic rings. The molecule has 53 heavy (non-hydrogen) atoms. The van der Waals surface area contributed by atoms with Gasteiger partial charge in [0.15, 0.2) is 11.6 Å². The topological polar surface area (TPSA) is 55.1 Å². The summed E-state index contributed by atoms with van der Waals surface area (Å²) >= 11 is 0. The molecular weight excluding hydrogens is 649 g/mol. The van der Waals surface area contributed by atoms with E-state index >= 15 is 0 Å². The molecule has 0 saturated carbocycles. The summed E-state index contributed by atoms with van der Waals surface area (Å²) in [6.45, 7) is 4.62. The number of anilines is 3. The molecule has 0 bridgehead atoms. The molecule has 5 heteroatoms. The van der Waals surface area contributed by atoms with Crippen LogP contribution in [0, 0.1) is 0 Å². The number of fused-ring (bicyclic) bond motifs is 6. The Labute approximate surface area is 307 Å². The summed E-state index contributed by atoms with van der Waals surface area (Å²) in [4.78, 5) is 18.0. The highest BCUT2D eigenvalue weighted by Gasteiger charge is 2.38. The summed E-state index contributed by atoms with van der Waals surface area (Å²) in [6, 6.07) is 58.9. The van der Waals surface area contributed by atoms with E-state index in [0.717, 1.165) is 55.6 Å². The Balaban J connectivity index is 1.21. The van der Waals surface area contributed by atoms with Crippen molar-refractivity contribution < 1.29 is 4.42 Å². The minimum atomic E-state index is -0.164. The lowest BCUT2D eigenvalue weighted by molar-refractivity contribution is 0.660. The number of nitrogens with zero attached hydrogens (tertiary/aromatic N) is 4. The predicted molar refractivity (Wildman–Crippen MR) is 216 cm³/mol. The van der Waals surface area contributed by atoms with Crippen LogP contribution in [-0.2, 0) is 5.41 Å². The zero-order valence-corrected chi connectivity index (χ0v) is 29.4. The smallest absolute Gasteiger partial charge is 0.238 e. The van der Waals surface area contributed by atoms with Crippen molar-refractivity contribution in [3.63, 3.8) is 0 Å². The van der Waals surface area contributed by atoms with E-state index in [-0.39, 0.29) is 5.41 Å². The van der Waals surface area contributed by atoms with Crippen LogP contribution in [0.25, 0.3) is 67.0 Å². The van der Waals surface area contributed by atoms with Crippen molar-refractivity contribution in [2.75, 3.05) is 4.90 Å². The third kappa shape index (κ3) is 5.12. The van der Waals surface area contributed by atoms with Crippen LogP contribution in [0.2, 0.25) is 0 Å². The van der Waals surface area contributed by atoms with Crippen LogP contribution in [0.15, 0.2) is 174 Å². The fraction of sp³-hybridized carbons (Fsp3) is 0.0625. The molecule has 0 fully saturated rings. The molecule has 7 aromatic carbocycles. The molecule has 10 rings (SSSR count). The van der Waals surface area contributed by atoms with Crippen molar-refractivity contribution in [2.24, 2.45) is 0 Å². The average molecular weight is 683 g/mol. The SMILES string of the molecule is CC1(C)c2ccccc2-c2c(N(c3ccccc3)c3nc(-c4ccc(-c5ccccc5)cc4)nc(-c4ccc5oc6ccccc6c5c4)n3)cccc21. The zero-order valence-electron chi connectivity index (χ0n) is 29.4. The number of hydrogen-bond donors (Lipinski definition) is 0. The van der Waals surface area contributed by atoms with E-state index in [1.807, 2.05) is 42.5 Å². The van der Waals surface area contributed by atoms with Gasteiger partial charge < -0.3 is 4.42 Å². The molecule has 5 nitrogen and oxygen atoms in total. The quantitative estimate of drug-likeness (QED) is 0.175. The molecule has 0 aliphatic heterocycles. The third-order valence-corrected chi connectivity index (χ3v) is 10.5. The Morgan fingerprint density at radius 3 is 1.89 bits per heavy atom. The molecule has 0 spiro atoms. The van der Waals surface area contributed by atoms with Crippen LogP contribution >= 0.6 is 0 Å². The maximum absolute atomic E-state index is 6.19. The number of benzene rings is 7. The fourth-order valence-electron chi connectivity index (χ4n) is 7.89. The van der Waals surface area contributed by atoms with E-state index in [1.54, 1.807) is 0 Å². The first kappa shape index (κ1) is 30.9. The van der Waals surface area contributed by atoms with E-state index < -0.39 is 0 Å². The van der Waals surface area contributed by atoms with E-state index in [1.165, 1.54) is 22.3 Å².